The summed E-state index contributed by atoms with van der Waals surface area (Å²) in [6.07, 6.45) is 2.92. The van der Waals surface area contributed by atoms with Crippen LogP contribution in [-0.4, -0.2) is 30.6 Å². The Labute approximate surface area is 124 Å². The Morgan fingerprint density at radius 2 is 2.20 bits per heavy atom. The van der Waals surface area contributed by atoms with Gasteiger partial charge in [0.15, 0.2) is 0 Å². The van der Waals surface area contributed by atoms with E-state index in [9.17, 15) is 4.79 Å². The van der Waals surface area contributed by atoms with Gasteiger partial charge in [-0.15, -0.1) is 0 Å². The Hall–Kier alpha value is -1.20. The van der Waals surface area contributed by atoms with Gasteiger partial charge in [0, 0.05) is 24.7 Å². The SMILES string of the molecule is NCCOc1cccc(NC(=O)CC2CCSCC2)c1. The van der Waals surface area contributed by atoms with Crippen LogP contribution in [0.15, 0.2) is 24.3 Å². The van der Waals surface area contributed by atoms with E-state index >= 15 is 0 Å². The molecule has 0 unspecified atom stereocenters. The zero-order valence-corrected chi connectivity index (χ0v) is 12.5. The highest BCUT2D eigenvalue weighted by Gasteiger charge is 2.17. The van der Waals surface area contributed by atoms with Crippen molar-refractivity contribution in [2.45, 2.75) is 19.3 Å². The molecule has 3 N–H and O–H groups in total. The fourth-order valence-electron chi connectivity index (χ4n) is 2.27. The van der Waals surface area contributed by atoms with Crippen LogP contribution in [0, 0.1) is 5.92 Å². The van der Waals surface area contributed by atoms with Gasteiger partial charge in [-0.25, -0.2) is 0 Å². The molecule has 0 saturated carbocycles. The first-order valence-electron chi connectivity index (χ1n) is 7.08. The standard InChI is InChI=1S/C15H22N2O2S/c16-6-7-19-14-3-1-2-13(11-14)17-15(18)10-12-4-8-20-9-5-12/h1-3,11-12H,4-10,16H2,(H,17,18). The summed E-state index contributed by atoms with van der Waals surface area (Å²) < 4.78 is 5.45. The number of benzene rings is 1. The summed E-state index contributed by atoms with van der Waals surface area (Å²) in [4.78, 5) is 12.0. The zero-order chi connectivity index (χ0) is 14.2. The molecule has 0 atom stereocenters. The van der Waals surface area contributed by atoms with Crippen molar-refractivity contribution in [2.75, 3.05) is 30.0 Å². The van der Waals surface area contributed by atoms with Gasteiger partial charge in [-0.05, 0) is 42.4 Å². The second-order valence-corrected chi connectivity index (χ2v) is 6.20. The van der Waals surface area contributed by atoms with Gasteiger partial charge in [0.05, 0.1) is 0 Å². The lowest BCUT2D eigenvalue weighted by Gasteiger charge is -2.20. The van der Waals surface area contributed by atoms with E-state index in [2.05, 4.69) is 5.32 Å². The smallest absolute Gasteiger partial charge is 0.224 e. The molecule has 1 saturated heterocycles. The maximum absolute atomic E-state index is 12.0. The molecule has 0 radical (unpaired) electrons. The van der Waals surface area contributed by atoms with Gasteiger partial charge in [-0.2, -0.15) is 11.8 Å². The highest BCUT2D eigenvalue weighted by Crippen LogP contribution is 2.26. The average Bonchev–Trinajstić information content (AvgIpc) is 2.46. The van der Waals surface area contributed by atoms with Gasteiger partial charge in [0.1, 0.15) is 12.4 Å². The summed E-state index contributed by atoms with van der Waals surface area (Å²) in [6.45, 7) is 0.966. The quantitative estimate of drug-likeness (QED) is 0.846. The molecule has 1 amide bonds. The summed E-state index contributed by atoms with van der Waals surface area (Å²) in [5.41, 5.74) is 6.19. The van der Waals surface area contributed by atoms with Crippen LogP contribution in [0.25, 0.3) is 0 Å². The molecule has 110 valence electrons. The number of nitrogens with one attached hydrogen (secondary N) is 1. The predicted molar refractivity (Wildman–Crippen MR) is 84.3 cm³/mol. The van der Waals surface area contributed by atoms with E-state index in [1.807, 2.05) is 36.0 Å². The van der Waals surface area contributed by atoms with Crippen LogP contribution >= 0.6 is 11.8 Å². The van der Waals surface area contributed by atoms with Gasteiger partial charge in [-0.1, -0.05) is 6.07 Å². The largest absolute Gasteiger partial charge is 0.492 e. The van der Waals surface area contributed by atoms with E-state index in [1.165, 1.54) is 11.5 Å². The second kappa shape index (κ2) is 8.17. The van der Waals surface area contributed by atoms with Crippen molar-refractivity contribution in [1.82, 2.24) is 0 Å². The number of anilines is 1. The normalized spacial score (nSPS) is 15.8. The van der Waals surface area contributed by atoms with E-state index in [0.717, 1.165) is 24.3 Å². The molecule has 1 aromatic rings. The molecular weight excluding hydrogens is 272 g/mol. The molecule has 1 fully saturated rings. The molecule has 1 aliphatic heterocycles. The molecule has 0 spiro atoms. The summed E-state index contributed by atoms with van der Waals surface area (Å²) in [5.74, 6) is 3.73. The maximum atomic E-state index is 12.0. The summed E-state index contributed by atoms with van der Waals surface area (Å²) in [7, 11) is 0. The number of nitrogens with two attached hydrogens (primary N) is 1. The lowest BCUT2D eigenvalue weighted by atomic mass is 9.98. The first-order chi connectivity index (χ1) is 9.78. The number of carbonyl (C=O) groups excluding carboxylic acids is 1. The summed E-state index contributed by atoms with van der Waals surface area (Å²) in [6, 6.07) is 7.45. The van der Waals surface area contributed by atoms with Crippen molar-refractivity contribution in [2.24, 2.45) is 11.7 Å². The van der Waals surface area contributed by atoms with Gasteiger partial charge >= 0.3 is 0 Å². The molecule has 1 aliphatic rings. The first-order valence-corrected chi connectivity index (χ1v) is 8.24. The lowest BCUT2D eigenvalue weighted by molar-refractivity contribution is -0.117. The van der Waals surface area contributed by atoms with Crippen molar-refractivity contribution in [3.8, 4) is 5.75 Å². The van der Waals surface area contributed by atoms with Crippen LogP contribution in [0.4, 0.5) is 5.69 Å². The maximum Gasteiger partial charge on any atom is 0.224 e. The molecule has 1 heterocycles. The number of carbonyl (C=O) groups is 1. The predicted octanol–water partition coefficient (Wildman–Crippen LogP) is 2.50. The average molecular weight is 294 g/mol. The number of rotatable bonds is 6. The van der Waals surface area contributed by atoms with E-state index < -0.39 is 0 Å². The highest BCUT2D eigenvalue weighted by molar-refractivity contribution is 7.99. The Balaban J connectivity index is 1.83. The third-order valence-corrected chi connectivity index (χ3v) is 4.37. The number of amides is 1. The van der Waals surface area contributed by atoms with Crippen LogP contribution in [0.1, 0.15) is 19.3 Å². The van der Waals surface area contributed by atoms with Gasteiger partial charge in [-0.3, -0.25) is 4.79 Å². The summed E-state index contributed by atoms with van der Waals surface area (Å²) >= 11 is 1.98. The van der Waals surface area contributed by atoms with Gasteiger partial charge in [0.25, 0.3) is 0 Å². The van der Waals surface area contributed by atoms with Crippen LogP contribution in [0.3, 0.4) is 0 Å². The molecular formula is C15H22N2O2S. The van der Waals surface area contributed by atoms with E-state index in [1.54, 1.807) is 0 Å². The molecule has 20 heavy (non-hydrogen) atoms. The fourth-order valence-corrected chi connectivity index (χ4v) is 3.47. The van der Waals surface area contributed by atoms with Crippen LogP contribution < -0.4 is 15.8 Å². The molecule has 5 heteroatoms. The minimum Gasteiger partial charge on any atom is -0.492 e. The highest BCUT2D eigenvalue weighted by atomic mass is 32.2. The number of hydrogen-bond acceptors (Lipinski definition) is 4. The Morgan fingerprint density at radius 1 is 1.40 bits per heavy atom. The third-order valence-electron chi connectivity index (χ3n) is 3.32. The number of ether oxygens (including phenoxy) is 1. The molecule has 1 aromatic carbocycles. The van der Waals surface area contributed by atoms with Crippen molar-refractivity contribution in [1.29, 1.82) is 0 Å². The molecule has 0 bridgehead atoms. The van der Waals surface area contributed by atoms with Crippen LogP contribution in [-0.2, 0) is 4.79 Å². The van der Waals surface area contributed by atoms with Crippen molar-refractivity contribution < 1.29 is 9.53 Å². The van der Waals surface area contributed by atoms with E-state index in [4.69, 9.17) is 10.5 Å². The topological polar surface area (TPSA) is 64.3 Å². The molecule has 0 aromatic heterocycles. The molecule has 4 nitrogen and oxygen atoms in total. The van der Waals surface area contributed by atoms with E-state index in [-0.39, 0.29) is 5.91 Å². The molecule has 2 rings (SSSR count). The monoisotopic (exact) mass is 294 g/mol. The van der Waals surface area contributed by atoms with E-state index in [0.29, 0.717) is 25.5 Å². The zero-order valence-electron chi connectivity index (χ0n) is 11.6. The van der Waals surface area contributed by atoms with Crippen LogP contribution in [0.5, 0.6) is 5.75 Å². The van der Waals surface area contributed by atoms with Crippen LogP contribution in [0.2, 0.25) is 0 Å². The lowest BCUT2D eigenvalue weighted by Crippen LogP contribution is -2.19. The van der Waals surface area contributed by atoms with Gasteiger partial charge in [0.2, 0.25) is 5.91 Å². The first kappa shape index (κ1) is 15.2. The fraction of sp³-hybridized carbons (Fsp3) is 0.533. The van der Waals surface area contributed by atoms with Crippen molar-refractivity contribution >= 4 is 23.4 Å². The minimum atomic E-state index is 0.0953. The van der Waals surface area contributed by atoms with Gasteiger partial charge < -0.3 is 15.8 Å². The number of hydrogen-bond donors (Lipinski definition) is 2. The van der Waals surface area contributed by atoms with Crippen molar-refractivity contribution in [3.63, 3.8) is 0 Å². The molecule has 0 aliphatic carbocycles. The Morgan fingerprint density at radius 3 is 2.95 bits per heavy atom. The Bertz CT molecular complexity index is 434. The minimum absolute atomic E-state index is 0.0953. The second-order valence-electron chi connectivity index (χ2n) is 4.97. The van der Waals surface area contributed by atoms with Crippen molar-refractivity contribution in [3.05, 3.63) is 24.3 Å². The number of thioether (sulfide) groups is 1. The Kier molecular flexibility index (Phi) is 6.21. The third kappa shape index (κ3) is 5.06. The summed E-state index contributed by atoms with van der Waals surface area (Å²) in [5, 5.41) is 2.95.